The molecule has 0 spiro atoms. The first-order valence-corrected chi connectivity index (χ1v) is 12.8. The number of oxazole rings is 1. The fraction of sp³-hybridized carbons (Fsp3) is 0.192. The minimum atomic E-state index is -0.393. The molecule has 6 nitrogen and oxygen atoms in total. The summed E-state index contributed by atoms with van der Waals surface area (Å²) in [6.45, 7) is 6.24. The lowest BCUT2D eigenvalue weighted by molar-refractivity contribution is 0.0974. The number of nitrogens with one attached hydrogen (secondary N) is 2. The Kier molecular flexibility index (Phi) is 7.59. The second kappa shape index (κ2) is 10.5. The third-order valence-corrected chi connectivity index (χ3v) is 6.75. The number of benzene rings is 3. The topological polar surface area (TPSA) is 76.4 Å². The van der Waals surface area contributed by atoms with Crippen LogP contribution in [-0.2, 0) is 0 Å². The van der Waals surface area contributed by atoms with E-state index in [4.69, 9.17) is 21.4 Å². The van der Waals surface area contributed by atoms with E-state index < -0.39 is 5.91 Å². The maximum atomic E-state index is 12.9. The molecule has 0 bridgehead atoms. The number of thiocarbonyl (C=S) groups is 1. The highest BCUT2D eigenvalue weighted by Gasteiger charge is 2.18. The number of nitrogens with zero attached hydrogens (tertiary/aromatic N) is 1. The van der Waals surface area contributed by atoms with Gasteiger partial charge in [0.25, 0.3) is 5.91 Å². The minimum Gasteiger partial charge on any atom is -0.495 e. The normalized spacial score (nSPS) is 11.1. The van der Waals surface area contributed by atoms with Crippen LogP contribution in [0.4, 0.5) is 5.69 Å². The van der Waals surface area contributed by atoms with Gasteiger partial charge in [0.2, 0.25) is 5.89 Å². The predicted molar refractivity (Wildman–Crippen MR) is 150 cm³/mol. The number of aryl methyl sites for hydroxylation is 1. The van der Waals surface area contributed by atoms with Crippen LogP contribution in [0.1, 0.15) is 41.3 Å². The van der Waals surface area contributed by atoms with Gasteiger partial charge in [-0.1, -0.05) is 41.9 Å². The summed E-state index contributed by atoms with van der Waals surface area (Å²) in [5.74, 6) is 0.949. The molecule has 0 saturated heterocycles. The SMILES string of the molecule is COc1c(Br)cc(Br)cc1C(=O)NC(=S)Nc1cc(-c2nc3cc(C(C)C)ccc3o2)ccc1C. The molecular formula is C26H23Br2N3O3S. The lowest BCUT2D eigenvalue weighted by Gasteiger charge is -2.14. The van der Waals surface area contributed by atoms with E-state index in [1.807, 2.05) is 31.2 Å². The molecule has 3 aromatic carbocycles. The van der Waals surface area contributed by atoms with Gasteiger partial charge < -0.3 is 14.5 Å². The van der Waals surface area contributed by atoms with E-state index in [-0.39, 0.29) is 5.11 Å². The van der Waals surface area contributed by atoms with Crippen molar-refractivity contribution in [2.24, 2.45) is 0 Å². The Morgan fingerprint density at radius 2 is 1.89 bits per heavy atom. The number of carbonyl (C=O) groups is 1. The molecule has 4 rings (SSSR count). The first-order chi connectivity index (χ1) is 16.7. The molecule has 0 saturated carbocycles. The molecule has 4 aromatic rings. The van der Waals surface area contributed by atoms with Crippen LogP contribution >= 0.6 is 44.1 Å². The van der Waals surface area contributed by atoms with Crippen LogP contribution in [0.25, 0.3) is 22.6 Å². The molecule has 2 N–H and O–H groups in total. The minimum absolute atomic E-state index is 0.160. The third-order valence-electron chi connectivity index (χ3n) is 5.50. The van der Waals surface area contributed by atoms with Crippen molar-refractivity contribution in [1.29, 1.82) is 0 Å². The van der Waals surface area contributed by atoms with Crippen LogP contribution < -0.4 is 15.4 Å². The summed E-state index contributed by atoms with van der Waals surface area (Å²) in [5.41, 5.74) is 5.59. The van der Waals surface area contributed by atoms with Crippen LogP contribution in [0.2, 0.25) is 0 Å². The van der Waals surface area contributed by atoms with Gasteiger partial charge in [-0.2, -0.15) is 0 Å². The van der Waals surface area contributed by atoms with Crippen molar-refractivity contribution >= 4 is 71.9 Å². The van der Waals surface area contributed by atoms with Crippen molar-refractivity contribution in [2.75, 3.05) is 12.4 Å². The zero-order valence-corrected chi connectivity index (χ0v) is 23.5. The lowest BCUT2D eigenvalue weighted by Crippen LogP contribution is -2.34. The number of anilines is 1. The van der Waals surface area contributed by atoms with Gasteiger partial charge in [0.1, 0.15) is 11.3 Å². The highest BCUT2D eigenvalue weighted by molar-refractivity contribution is 9.11. The van der Waals surface area contributed by atoms with Gasteiger partial charge in [-0.3, -0.25) is 10.1 Å². The molecule has 0 radical (unpaired) electrons. The maximum Gasteiger partial charge on any atom is 0.261 e. The second-order valence-corrected chi connectivity index (χ2v) is 10.5. The largest absolute Gasteiger partial charge is 0.495 e. The highest BCUT2D eigenvalue weighted by Crippen LogP contribution is 2.33. The van der Waals surface area contributed by atoms with Crippen LogP contribution in [0.15, 0.2) is 61.9 Å². The number of halogens is 2. The number of hydrogen-bond donors (Lipinski definition) is 2. The van der Waals surface area contributed by atoms with Crippen molar-refractivity contribution in [3.8, 4) is 17.2 Å². The first kappa shape index (κ1) is 25.3. The van der Waals surface area contributed by atoms with Crippen molar-refractivity contribution in [3.05, 3.63) is 74.2 Å². The molecule has 0 aliphatic heterocycles. The van der Waals surface area contributed by atoms with E-state index in [0.717, 1.165) is 32.4 Å². The van der Waals surface area contributed by atoms with Crippen molar-refractivity contribution in [3.63, 3.8) is 0 Å². The van der Waals surface area contributed by atoms with E-state index in [1.165, 1.54) is 12.7 Å². The highest BCUT2D eigenvalue weighted by atomic mass is 79.9. The number of amides is 1. The average Bonchev–Trinajstić information content (AvgIpc) is 3.23. The van der Waals surface area contributed by atoms with Gasteiger partial charge in [-0.25, -0.2) is 4.98 Å². The average molecular weight is 617 g/mol. The molecular weight excluding hydrogens is 594 g/mol. The van der Waals surface area contributed by atoms with Crippen molar-refractivity contribution < 1.29 is 13.9 Å². The number of aromatic nitrogens is 1. The number of hydrogen-bond acceptors (Lipinski definition) is 5. The van der Waals surface area contributed by atoms with Crippen LogP contribution in [0.3, 0.4) is 0 Å². The molecule has 0 unspecified atom stereocenters. The van der Waals surface area contributed by atoms with E-state index in [1.54, 1.807) is 12.1 Å². The summed E-state index contributed by atoms with van der Waals surface area (Å²) in [6.07, 6.45) is 0. The first-order valence-electron chi connectivity index (χ1n) is 10.8. The second-order valence-electron chi connectivity index (χ2n) is 8.31. The standard InChI is InChI=1S/C26H23Br2N3O3S/c1-13(2)15-7-8-22-21(9-15)29-25(34-22)16-6-5-14(3)20(10-16)30-26(35)31-24(32)18-11-17(27)12-19(28)23(18)33-4/h5-13H,1-4H3,(H2,30,31,32,35). The molecule has 0 aliphatic carbocycles. The zero-order valence-electron chi connectivity index (χ0n) is 19.5. The van der Waals surface area contributed by atoms with Gasteiger partial charge >= 0.3 is 0 Å². The van der Waals surface area contributed by atoms with E-state index >= 15 is 0 Å². The summed E-state index contributed by atoms with van der Waals surface area (Å²) in [5, 5.41) is 5.99. The van der Waals surface area contributed by atoms with Gasteiger partial charge in [0.15, 0.2) is 10.7 Å². The summed E-state index contributed by atoms with van der Waals surface area (Å²) in [7, 11) is 1.51. The van der Waals surface area contributed by atoms with Gasteiger partial charge in [-0.15, -0.1) is 0 Å². The summed E-state index contributed by atoms with van der Waals surface area (Å²) < 4.78 is 12.8. The van der Waals surface area contributed by atoms with Crippen molar-refractivity contribution in [1.82, 2.24) is 10.3 Å². The Morgan fingerprint density at radius 3 is 2.60 bits per heavy atom. The molecule has 0 fully saturated rings. The number of methoxy groups -OCH3 is 1. The zero-order chi connectivity index (χ0) is 25.3. The molecule has 35 heavy (non-hydrogen) atoms. The van der Waals surface area contributed by atoms with E-state index in [9.17, 15) is 4.79 Å². The van der Waals surface area contributed by atoms with Crippen LogP contribution in [0, 0.1) is 6.92 Å². The molecule has 1 aromatic heterocycles. The molecule has 1 amide bonds. The molecule has 180 valence electrons. The fourth-order valence-corrected chi connectivity index (χ4v) is 5.17. The van der Waals surface area contributed by atoms with Gasteiger partial charge in [0, 0.05) is 15.7 Å². The van der Waals surface area contributed by atoms with Gasteiger partial charge in [0.05, 0.1) is 17.1 Å². The number of rotatable bonds is 5. The maximum absolute atomic E-state index is 12.9. The Balaban J connectivity index is 1.55. The van der Waals surface area contributed by atoms with Crippen LogP contribution in [0.5, 0.6) is 5.75 Å². The number of ether oxygens (including phenoxy) is 1. The Morgan fingerprint density at radius 1 is 1.11 bits per heavy atom. The summed E-state index contributed by atoms with van der Waals surface area (Å²) >= 11 is 12.2. The Labute approximate surface area is 225 Å². The molecule has 9 heteroatoms. The Hall–Kier alpha value is -2.75. The predicted octanol–water partition coefficient (Wildman–Crippen LogP) is 7.59. The third kappa shape index (κ3) is 5.58. The molecule has 1 heterocycles. The number of fused-ring (bicyclic) bond motifs is 1. The molecule has 0 aliphatic rings. The van der Waals surface area contributed by atoms with Gasteiger partial charge in [-0.05, 0) is 88.5 Å². The number of carbonyl (C=O) groups excluding carboxylic acids is 1. The van der Waals surface area contributed by atoms with E-state index in [0.29, 0.717) is 27.6 Å². The van der Waals surface area contributed by atoms with Crippen molar-refractivity contribution in [2.45, 2.75) is 26.7 Å². The molecule has 0 atom stereocenters. The monoisotopic (exact) mass is 615 g/mol. The summed E-state index contributed by atoms with van der Waals surface area (Å²) in [4.78, 5) is 17.6. The Bertz CT molecular complexity index is 1450. The van der Waals surface area contributed by atoms with E-state index in [2.05, 4.69) is 73.5 Å². The smallest absolute Gasteiger partial charge is 0.261 e. The fourth-order valence-electron chi connectivity index (χ4n) is 3.58. The lowest BCUT2D eigenvalue weighted by atomic mass is 10.0. The quantitative estimate of drug-likeness (QED) is 0.225. The van der Waals surface area contributed by atoms with Crippen LogP contribution in [-0.4, -0.2) is 23.1 Å². The summed E-state index contributed by atoms with van der Waals surface area (Å²) in [6, 6.07) is 15.3.